The number of aliphatic hydroxyl groups is 1. The van der Waals surface area contributed by atoms with Crippen LogP contribution in [0.25, 0.3) is 0 Å². The molecule has 0 fully saturated rings. The maximum atomic E-state index is 11.6. The Balaban J connectivity index is 0.00000180. The van der Waals surface area contributed by atoms with E-state index in [0.29, 0.717) is 11.3 Å². The molecule has 5 heteroatoms. The van der Waals surface area contributed by atoms with Crippen molar-refractivity contribution >= 4 is 18.4 Å². The van der Waals surface area contributed by atoms with E-state index in [-0.39, 0.29) is 19.0 Å². The van der Waals surface area contributed by atoms with Crippen molar-refractivity contribution in [3.05, 3.63) is 66.0 Å². The zero-order chi connectivity index (χ0) is 12.8. The quantitative estimate of drug-likeness (QED) is 0.873. The number of carbonyl (C=O) groups excluding carboxylic acids is 1. The van der Waals surface area contributed by atoms with Gasteiger partial charge in [-0.2, -0.15) is 0 Å². The van der Waals surface area contributed by atoms with E-state index in [1.54, 1.807) is 42.6 Å². The van der Waals surface area contributed by atoms with Crippen LogP contribution < -0.4 is 0 Å². The van der Waals surface area contributed by atoms with Crippen molar-refractivity contribution in [1.82, 2.24) is 4.98 Å². The fourth-order valence-electron chi connectivity index (χ4n) is 1.48. The monoisotopic (exact) mass is 279 g/mol. The third-order valence-corrected chi connectivity index (χ3v) is 2.43. The number of hydrogen-bond donors (Lipinski definition) is 1. The smallest absolute Gasteiger partial charge is 0.340 e. The van der Waals surface area contributed by atoms with E-state index < -0.39 is 12.1 Å². The molecule has 2 aromatic rings. The molecule has 0 saturated heterocycles. The number of aliphatic hydroxyl groups excluding tert-OH is 1. The molecule has 1 aromatic heterocycles. The summed E-state index contributed by atoms with van der Waals surface area (Å²) in [4.78, 5) is 15.6. The van der Waals surface area contributed by atoms with Crippen LogP contribution in [0.1, 0.15) is 17.4 Å². The van der Waals surface area contributed by atoms with Crippen molar-refractivity contribution < 1.29 is 14.6 Å². The summed E-state index contributed by atoms with van der Waals surface area (Å²) < 4.78 is 4.99. The Morgan fingerprint density at radius 2 is 1.84 bits per heavy atom. The molecule has 0 amide bonds. The van der Waals surface area contributed by atoms with Crippen LogP contribution in [-0.4, -0.2) is 16.1 Å². The fraction of sp³-hybridized carbons (Fsp3) is 0.143. The molecule has 0 saturated carbocycles. The summed E-state index contributed by atoms with van der Waals surface area (Å²) in [6, 6.07) is 14.0. The number of rotatable bonds is 4. The van der Waals surface area contributed by atoms with Gasteiger partial charge in [-0.15, -0.1) is 12.4 Å². The van der Waals surface area contributed by atoms with Gasteiger partial charge in [-0.3, -0.25) is 4.98 Å². The Bertz CT molecular complexity index is 505. The summed E-state index contributed by atoms with van der Waals surface area (Å²) in [7, 11) is 0. The van der Waals surface area contributed by atoms with Crippen LogP contribution in [0.2, 0.25) is 0 Å². The van der Waals surface area contributed by atoms with Crippen LogP contribution >= 0.6 is 12.4 Å². The summed E-state index contributed by atoms with van der Waals surface area (Å²) in [5, 5.41) is 9.77. The van der Waals surface area contributed by atoms with Gasteiger partial charge in [0.1, 0.15) is 6.61 Å². The molecule has 19 heavy (non-hydrogen) atoms. The second kappa shape index (κ2) is 7.51. The maximum Gasteiger partial charge on any atom is 0.340 e. The van der Waals surface area contributed by atoms with Crippen molar-refractivity contribution in [1.29, 1.82) is 0 Å². The first kappa shape index (κ1) is 15.1. The van der Waals surface area contributed by atoms with Gasteiger partial charge < -0.3 is 9.84 Å². The number of esters is 1. The minimum Gasteiger partial charge on any atom is -0.457 e. The van der Waals surface area contributed by atoms with Crippen LogP contribution in [-0.2, 0) is 16.1 Å². The highest BCUT2D eigenvalue weighted by molar-refractivity contribution is 5.85. The lowest BCUT2D eigenvalue weighted by Crippen LogP contribution is -2.15. The first-order valence-corrected chi connectivity index (χ1v) is 5.57. The van der Waals surface area contributed by atoms with Crippen LogP contribution in [0.4, 0.5) is 0 Å². The summed E-state index contributed by atoms with van der Waals surface area (Å²) in [6.07, 6.45) is 0.367. The van der Waals surface area contributed by atoms with Crippen LogP contribution in [0, 0.1) is 0 Å². The highest BCUT2D eigenvalue weighted by Gasteiger charge is 2.18. The fourth-order valence-corrected chi connectivity index (χ4v) is 1.48. The van der Waals surface area contributed by atoms with Crippen molar-refractivity contribution in [3.63, 3.8) is 0 Å². The van der Waals surface area contributed by atoms with Crippen LogP contribution in [0.3, 0.4) is 0 Å². The lowest BCUT2D eigenvalue weighted by Gasteiger charge is -2.10. The zero-order valence-electron chi connectivity index (χ0n) is 10.1. The lowest BCUT2D eigenvalue weighted by atomic mass is 10.1. The molecule has 1 atom stereocenters. The number of halogens is 1. The topological polar surface area (TPSA) is 59.4 Å². The standard InChI is InChI=1S/C14H13NO3.ClH/c16-13(11-6-2-1-3-7-11)14(17)18-10-12-8-4-5-9-15-12;/h1-9,13,16H,10H2;1H. The van der Waals surface area contributed by atoms with Gasteiger partial charge in [0.25, 0.3) is 0 Å². The van der Waals surface area contributed by atoms with Gasteiger partial charge in [0, 0.05) is 6.20 Å². The van der Waals surface area contributed by atoms with Gasteiger partial charge in [0.15, 0.2) is 6.10 Å². The molecule has 0 spiro atoms. The predicted octanol–water partition coefficient (Wildman–Crippen LogP) is 2.28. The van der Waals surface area contributed by atoms with Gasteiger partial charge in [0.2, 0.25) is 0 Å². The number of benzene rings is 1. The zero-order valence-corrected chi connectivity index (χ0v) is 10.9. The number of pyridine rings is 1. The van der Waals surface area contributed by atoms with Gasteiger partial charge >= 0.3 is 5.97 Å². The Morgan fingerprint density at radius 1 is 1.16 bits per heavy atom. The molecular formula is C14H14ClNO3. The Kier molecular flexibility index (Phi) is 5.99. The van der Waals surface area contributed by atoms with E-state index in [1.165, 1.54) is 0 Å². The minimum atomic E-state index is -1.25. The number of aromatic nitrogens is 1. The van der Waals surface area contributed by atoms with Crippen molar-refractivity contribution in [2.45, 2.75) is 12.7 Å². The van der Waals surface area contributed by atoms with E-state index in [0.717, 1.165) is 0 Å². The summed E-state index contributed by atoms with van der Waals surface area (Å²) >= 11 is 0. The minimum absolute atomic E-state index is 0. The van der Waals surface area contributed by atoms with Gasteiger partial charge in [0.05, 0.1) is 5.69 Å². The van der Waals surface area contributed by atoms with E-state index in [2.05, 4.69) is 4.98 Å². The highest BCUT2D eigenvalue weighted by atomic mass is 35.5. The second-order valence-corrected chi connectivity index (χ2v) is 3.74. The van der Waals surface area contributed by atoms with Gasteiger partial charge in [-0.05, 0) is 17.7 Å². The molecule has 1 unspecified atom stereocenters. The maximum absolute atomic E-state index is 11.6. The third kappa shape index (κ3) is 4.35. The molecule has 1 heterocycles. The molecule has 0 aliphatic rings. The average Bonchev–Trinajstić information content (AvgIpc) is 2.46. The molecule has 1 N–H and O–H groups in total. The number of carbonyl (C=O) groups is 1. The summed E-state index contributed by atoms with van der Waals surface area (Å²) in [6.45, 7) is 0.0591. The Morgan fingerprint density at radius 3 is 2.47 bits per heavy atom. The largest absolute Gasteiger partial charge is 0.457 e. The first-order valence-electron chi connectivity index (χ1n) is 5.57. The normalized spacial score (nSPS) is 11.2. The predicted molar refractivity (Wildman–Crippen MR) is 72.7 cm³/mol. The van der Waals surface area contributed by atoms with E-state index in [1.807, 2.05) is 12.1 Å². The molecule has 0 radical (unpaired) electrons. The Labute approximate surface area is 117 Å². The Hall–Kier alpha value is -1.91. The molecule has 0 aliphatic heterocycles. The van der Waals surface area contributed by atoms with Gasteiger partial charge in [-0.25, -0.2) is 4.79 Å². The highest BCUT2D eigenvalue weighted by Crippen LogP contribution is 2.14. The number of ether oxygens (including phenoxy) is 1. The first-order chi connectivity index (χ1) is 8.77. The second-order valence-electron chi connectivity index (χ2n) is 3.74. The molecule has 2 rings (SSSR count). The molecule has 100 valence electrons. The SMILES string of the molecule is Cl.O=C(OCc1ccccn1)C(O)c1ccccc1. The van der Waals surface area contributed by atoms with Gasteiger partial charge in [-0.1, -0.05) is 36.4 Å². The van der Waals surface area contributed by atoms with Crippen molar-refractivity contribution in [3.8, 4) is 0 Å². The van der Waals surface area contributed by atoms with E-state index >= 15 is 0 Å². The molecule has 1 aromatic carbocycles. The summed E-state index contributed by atoms with van der Waals surface area (Å²) in [5.41, 5.74) is 1.16. The van der Waals surface area contributed by atoms with E-state index in [9.17, 15) is 9.90 Å². The van der Waals surface area contributed by atoms with Crippen molar-refractivity contribution in [2.24, 2.45) is 0 Å². The molecule has 4 nitrogen and oxygen atoms in total. The van der Waals surface area contributed by atoms with Crippen LogP contribution in [0.5, 0.6) is 0 Å². The van der Waals surface area contributed by atoms with Crippen LogP contribution in [0.15, 0.2) is 54.7 Å². The molecule has 0 bridgehead atoms. The number of hydrogen-bond acceptors (Lipinski definition) is 4. The third-order valence-electron chi connectivity index (χ3n) is 2.43. The molecule has 0 aliphatic carbocycles. The number of nitrogens with zero attached hydrogens (tertiary/aromatic N) is 1. The van der Waals surface area contributed by atoms with Crippen molar-refractivity contribution in [2.75, 3.05) is 0 Å². The average molecular weight is 280 g/mol. The lowest BCUT2D eigenvalue weighted by molar-refractivity contribution is -0.155. The molecular weight excluding hydrogens is 266 g/mol. The van der Waals surface area contributed by atoms with E-state index in [4.69, 9.17) is 4.74 Å². The summed E-state index contributed by atoms with van der Waals surface area (Å²) in [5.74, 6) is -0.674.